The van der Waals surface area contributed by atoms with Crippen molar-refractivity contribution in [1.82, 2.24) is 4.98 Å². The SMILES string of the molecule is N#Cc1cc2c(nc1NCCCCC(N)=O)CCC2. The Hall–Kier alpha value is -2.09. The highest BCUT2D eigenvalue weighted by atomic mass is 16.1. The van der Waals surface area contributed by atoms with Crippen LogP contribution in [0.2, 0.25) is 0 Å². The van der Waals surface area contributed by atoms with Crippen LogP contribution in [0.5, 0.6) is 0 Å². The van der Waals surface area contributed by atoms with E-state index in [0.29, 0.717) is 24.3 Å². The summed E-state index contributed by atoms with van der Waals surface area (Å²) in [7, 11) is 0. The molecule has 3 N–H and O–H groups in total. The molecule has 0 aliphatic heterocycles. The molecular formula is C14H18N4O. The van der Waals surface area contributed by atoms with E-state index in [1.54, 1.807) is 0 Å². The summed E-state index contributed by atoms with van der Waals surface area (Å²) in [5.74, 6) is 0.399. The molecule has 1 heterocycles. The van der Waals surface area contributed by atoms with Crippen LogP contribution < -0.4 is 11.1 Å². The van der Waals surface area contributed by atoms with E-state index in [1.165, 1.54) is 5.56 Å². The number of unbranched alkanes of at least 4 members (excludes halogenated alkanes) is 1. The Bertz CT molecular complexity index is 519. The summed E-state index contributed by atoms with van der Waals surface area (Å²) in [6.07, 6.45) is 5.15. The second-order valence-electron chi connectivity index (χ2n) is 4.81. The normalized spacial score (nSPS) is 12.8. The molecule has 0 saturated heterocycles. The van der Waals surface area contributed by atoms with Crippen LogP contribution in [-0.2, 0) is 17.6 Å². The lowest BCUT2D eigenvalue weighted by Gasteiger charge is -2.09. The number of fused-ring (bicyclic) bond motifs is 1. The molecule has 1 aromatic rings. The number of hydrogen-bond donors (Lipinski definition) is 2. The minimum Gasteiger partial charge on any atom is -0.370 e. The van der Waals surface area contributed by atoms with Crippen molar-refractivity contribution in [2.45, 2.75) is 38.5 Å². The fourth-order valence-electron chi connectivity index (χ4n) is 2.32. The molecule has 0 atom stereocenters. The van der Waals surface area contributed by atoms with E-state index in [2.05, 4.69) is 16.4 Å². The molecule has 100 valence electrons. The first-order valence-corrected chi connectivity index (χ1v) is 6.66. The second-order valence-corrected chi connectivity index (χ2v) is 4.81. The number of primary amides is 1. The largest absolute Gasteiger partial charge is 0.370 e. The van der Waals surface area contributed by atoms with Crippen LogP contribution in [0, 0.1) is 11.3 Å². The molecule has 19 heavy (non-hydrogen) atoms. The van der Waals surface area contributed by atoms with Crippen LogP contribution in [0.4, 0.5) is 5.82 Å². The summed E-state index contributed by atoms with van der Waals surface area (Å²) >= 11 is 0. The third-order valence-corrected chi connectivity index (χ3v) is 3.31. The number of amides is 1. The van der Waals surface area contributed by atoms with E-state index in [-0.39, 0.29) is 5.91 Å². The lowest BCUT2D eigenvalue weighted by Crippen LogP contribution is -2.11. The highest BCUT2D eigenvalue weighted by Crippen LogP contribution is 2.24. The van der Waals surface area contributed by atoms with Crippen LogP contribution in [0.15, 0.2) is 6.07 Å². The molecule has 1 aliphatic rings. The number of nitrogens with one attached hydrogen (secondary N) is 1. The Morgan fingerprint density at radius 3 is 3.05 bits per heavy atom. The third-order valence-electron chi connectivity index (χ3n) is 3.31. The molecule has 0 unspecified atom stereocenters. The van der Waals surface area contributed by atoms with Crippen molar-refractivity contribution in [3.05, 3.63) is 22.9 Å². The first-order valence-electron chi connectivity index (χ1n) is 6.66. The highest BCUT2D eigenvalue weighted by molar-refractivity contribution is 5.73. The van der Waals surface area contributed by atoms with Gasteiger partial charge in [-0.1, -0.05) is 0 Å². The molecule has 0 saturated carbocycles. The number of pyridine rings is 1. The average Bonchev–Trinajstić information content (AvgIpc) is 2.83. The molecule has 1 aliphatic carbocycles. The van der Waals surface area contributed by atoms with E-state index >= 15 is 0 Å². The fraction of sp³-hybridized carbons (Fsp3) is 0.500. The Morgan fingerprint density at radius 1 is 1.47 bits per heavy atom. The average molecular weight is 258 g/mol. The van der Waals surface area contributed by atoms with Crippen LogP contribution >= 0.6 is 0 Å². The molecule has 5 heteroatoms. The van der Waals surface area contributed by atoms with Gasteiger partial charge in [0.1, 0.15) is 11.9 Å². The number of nitrogens with zero attached hydrogens (tertiary/aromatic N) is 2. The van der Waals surface area contributed by atoms with Crippen molar-refractivity contribution in [3.8, 4) is 6.07 Å². The van der Waals surface area contributed by atoms with Crippen molar-refractivity contribution in [1.29, 1.82) is 5.26 Å². The highest BCUT2D eigenvalue weighted by Gasteiger charge is 2.16. The van der Waals surface area contributed by atoms with Gasteiger partial charge in [-0.05, 0) is 43.7 Å². The molecule has 5 nitrogen and oxygen atoms in total. The predicted molar refractivity (Wildman–Crippen MR) is 72.5 cm³/mol. The van der Waals surface area contributed by atoms with E-state index in [0.717, 1.165) is 37.8 Å². The quantitative estimate of drug-likeness (QED) is 0.756. The summed E-state index contributed by atoms with van der Waals surface area (Å²) in [6, 6.07) is 4.13. The topological polar surface area (TPSA) is 91.8 Å². The summed E-state index contributed by atoms with van der Waals surface area (Å²) < 4.78 is 0. The lowest BCUT2D eigenvalue weighted by molar-refractivity contribution is -0.118. The zero-order valence-corrected chi connectivity index (χ0v) is 10.9. The maximum Gasteiger partial charge on any atom is 0.217 e. The summed E-state index contributed by atoms with van der Waals surface area (Å²) in [5.41, 5.74) is 8.00. The molecular weight excluding hydrogens is 240 g/mol. The summed E-state index contributed by atoms with van der Waals surface area (Å²) in [5, 5.41) is 12.3. The van der Waals surface area contributed by atoms with Crippen molar-refractivity contribution in [2.24, 2.45) is 5.73 Å². The molecule has 0 radical (unpaired) electrons. The molecule has 1 aromatic heterocycles. The number of carbonyl (C=O) groups is 1. The van der Waals surface area contributed by atoms with Gasteiger partial charge >= 0.3 is 0 Å². The zero-order valence-electron chi connectivity index (χ0n) is 10.9. The minimum absolute atomic E-state index is 0.270. The Morgan fingerprint density at radius 2 is 2.32 bits per heavy atom. The van der Waals surface area contributed by atoms with Crippen LogP contribution in [0.1, 0.15) is 42.5 Å². The predicted octanol–water partition coefficient (Wildman–Crippen LogP) is 1.51. The number of aromatic nitrogens is 1. The van der Waals surface area contributed by atoms with Gasteiger partial charge in [0.25, 0.3) is 0 Å². The van der Waals surface area contributed by atoms with E-state index < -0.39 is 0 Å². The number of rotatable bonds is 6. The number of hydrogen-bond acceptors (Lipinski definition) is 4. The van der Waals surface area contributed by atoms with Gasteiger partial charge in [-0.15, -0.1) is 0 Å². The maximum atomic E-state index is 10.6. The van der Waals surface area contributed by atoms with E-state index in [1.807, 2.05) is 6.07 Å². The maximum absolute atomic E-state index is 10.6. The van der Waals surface area contributed by atoms with Crippen molar-refractivity contribution in [2.75, 3.05) is 11.9 Å². The Balaban J connectivity index is 1.93. The van der Waals surface area contributed by atoms with Gasteiger partial charge in [-0.2, -0.15) is 5.26 Å². The summed E-state index contributed by atoms with van der Waals surface area (Å²) in [4.78, 5) is 15.1. The molecule has 2 rings (SSSR count). The molecule has 0 aromatic carbocycles. The number of nitriles is 1. The molecule has 0 fully saturated rings. The van der Waals surface area contributed by atoms with Crippen LogP contribution in [0.3, 0.4) is 0 Å². The van der Waals surface area contributed by atoms with E-state index in [4.69, 9.17) is 11.0 Å². The van der Waals surface area contributed by atoms with Gasteiger partial charge in [0.15, 0.2) is 0 Å². The van der Waals surface area contributed by atoms with Gasteiger partial charge in [-0.25, -0.2) is 4.98 Å². The number of nitrogens with two attached hydrogens (primary N) is 1. The Kier molecular flexibility index (Phi) is 4.35. The first-order chi connectivity index (χ1) is 9.20. The number of anilines is 1. The molecule has 1 amide bonds. The number of aryl methyl sites for hydroxylation is 2. The monoisotopic (exact) mass is 258 g/mol. The van der Waals surface area contributed by atoms with Crippen molar-refractivity contribution in [3.63, 3.8) is 0 Å². The van der Waals surface area contributed by atoms with Gasteiger partial charge in [0.2, 0.25) is 5.91 Å². The minimum atomic E-state index is -0.270. The van der Waals surface area contributed by atoms with Crippen molar-refractivity contribution >= 4 is 11.7 Å². The van der Waals surface area contributed by atoms with E-state index in [9.17, 15) is 4.79 Å². The van der Waals surface area contributed by atoms with Crippen LogP contribution in [0.25, 0.3) is 0 Å². The fourth-order valence-corrected chi connectivity index (χ4v) is 2.32. The smallest absolute Gasteiger partial charge is 0.217 e. The zero-order chi connectivity index (χ0) is 13.7. The lowest BCUT2D eigenvalue weighted by atomic mass is 10.1. The van der Waals surface area contributed by atoms with Crippen molar-refractivity contribution < 1.29 is 4.79 Å². The first kappa shape index (κ1) is 13.3. The van der Waals surface area contributed by atoms with Gasteiger partial charge < -0.3 is 11.1 Å². The van der Waals surface area contributed by atoms with Gasteiger partial charge in [-0.3, -0.25) is 4.79 Å². The molecule has 0 bridgehead atoms. The summed E-state index contributed by atoms with van der Waals surface area (Å²) in [6.45, 7) is 0.702. The third kappa shape index (κ3) is 3.44. The standard InChI is InChI=1S/C14H18N4O/c15-9-11-8-10-4-3-5-12(10)18-14(11)17-7-2-1-6-13(16)19/h8H,1-7H2,(H2,16,19)(H,17,18). The Labute approximate surface area is 112 Å². The second kappa shape index (κ2) is 6.19. The van der Waals surface area contributed by atoms with Gasteiger partial charge in [0, 0.05) is 18.7 Å². The molecule has 0 spiro atoms. The van der Waals surface area contributed by atoms with Gasteiger partial charge in [0.05, 0.1) is 5.56 Å². The number of carbonyl (C=O) groups excluding carboxylic acids is 1. The van der Waals surface area contributed by atoms with Crippen LogP contribution in [-0.4, -0.2) is 17.4 Å².